The van der Waals surface area contributed by atoms with E-state index in [-0.39, 0.29) is 0 Å². The number of hydrogen-bond acceptors (Lipinski definition) is 2. The van der Waals surface area contributed by atoms with Gasteiger partial charge in [-0.1, -0.05) is 36.4 Å². The fourth-order valence-corrected chi connectivity index (χ4v) is 3.59. The average Bonchev–Trinajstić information content (AvgIpc) is 3.01. The van der Waals surface area contributed by atoms with E-state index >= 15 is 0 Å². The van der Waals surface area contributed by atoms with E-state index in [1.165, 1.54) is 22.0 Å². The summed E-state index contributed by atoms with van der Waals surface area (Å²) < 4.78 is 2.22. The maximum Gasteiger partial charge on any atom is 0.0388 e. The van der Waals surface area contributed by atoms with Crippen molar-refractivity contribution in [1.29, 1.82) is 0 Å². The number of benzene rings is 2. The molecular formula is C21H25N3. The van der Waals surface area contributed by atoms with Gasteiger partial charge in [0.25, 0.3) is 0 Å². The Hall–Kier alpha value is -2.10. The van der Waals surface area contributed by atoms with Crippen LogP contribution in [0.2, 0.25) is 0 Å². The second kappa shape index (κ2) is 6.80. The van der Waals surface area contributed by atoms with Crippen LogP contribution in [0.25, 0.3) is 10.8 Å². The molecule has 2 aromatic carbocycles. The molecule has 1 saturated heterocycles. The molecule has 3 aromatic rings. The minimum Gasteiger partial charge on any atom is -0.353 e. The molecule has 2 heterocycles. The number of rotatable bonds is 4. The molecule has 0 saturated carbocycles. The highest BCUT2D eigenvalue weighted by molar-refractivity contribution is 5.82. The van der Waals surface area contributed by atoms with Gasteiger partial charge in [0.2, 0.25) is 0 Å². The second-order valence-corrected chi connectivity index (χ2v) is 6.84. The molecule has 124 valence electrons. The van der Waals surface area contributed by atoms with E-state index in [1.54, 1.807) is 0 Å². The Bertz CT molecular complexity index is 813. The number of nitrogens with zero attached hydrogens (tertiary/aromatic N) is 3. The first-order valence-electron chi connectivity index (χ1n) is 8.80. The van der Waals surface area contributed by atoms with Crippen molar-refractivity contribution in [1.82, 2.24) is 14.4 Å². The van der Waals surface area contributed by atoms with Crippen molar-refractivity contribution in [3.8, 4) is 0 Å². The Kier molecular flexibility index (Phi) is 4.37. The van der Waals surface area contributed by atoms with Gasteiger partial charge < -0.3 is 4.57 Å². The molecule has 0 N–H and O–H groups in total. The van der Waals surface area contributed by atoms with E-state index in [2.05, 4.69) is 82.2 Å². The normalized spacial score (nSPS) is 16.7. The quantitative estimate of drug-likeness (QED) is 0.729. The molecule has 0 spiro atoms. The summed E-state index contributed by atoms with van der Waals surface area (Å²) in [5, 5.41) is 2.67. The van der Waals surface area contributed by atoms with Gasteiger partial charge in [-0.15, -0.1) is 0 Å². The van der Waals surface area contributed by atoms with E-state index in [1.807, 2.05) is 0 Å². The van der Waals surface area contributed by atoms with Gasteiger partial charge in [-0.2, -0.15) is 0 Å². The van der Waals surface area contributed by atoms with Gasteiger partial charge >= 0.3 is 0 Å². The van der Waals surface area contributed by atoms with Crippen LogP contribution in [0.5, 0.6) is 0 Å². The van der Waals surface area contributed by atoms with Crippen LogP contribution < -0.4 is 0 Å². The number of aromatic nitrogens is 1. The van der Waals surface area contributed by atoms with E-state index in [0.717, 1.165) is 39.3 Å². The summed E-state index contributed by atoms with van der Waals surface area (Å²) in [6.45, 7) is 6.72. The van der Waals surface area contributed by atoms with Crippen molar-refractivity contribution >= 4 is 10.8 Å². The maximum atomic E-state index is 2.58. The molecule has 24 heavy (non-hydrogen) atoms. The molecule has 1 aromatic heterocycles. The Balaban J connectivity index is 1.34. The third-order valence-electron chi connectivity index (χ3n) is 5.12. The summed E-state index contributed by atoms with van der Waals surface area (Å²) in [5.41, 5.74) is 2.82. The minimum absolute atomic E-state index is 1.06. The smallest absolute Gasteiger partial charge is 0.0388 e. The molecule has 0 aliphatic carbocycles. The van der Waals surface area contributed by atoms with E-state index in [0.29, 0.717) is 0 Å². The molecule has 1 aliphatic rings. The van der Waals surface area contributed by atoms with Gasteiger partial charge in [-0.3, -0.25) is 9.80 Å². The lowest BCUT2D eigenvalue weighted by atomic mass is 10.1. The van der Waals surface area contributed by atoms with Crippen LogP contribution in [0, 0.1) is 0 Å². The van der Waals surface area contributed by atoms with Crippen molar-refractivity contribution < 1.29 is 0 Å². The molecule has 3 heteroatoms. The third kappa shape index (κ3) is 3.37. The first kappa shape index (κ1) is 15.4. The number of fused-ring (bicyclic) bond motifs is 1. The molecule has 0 atom stereocenters. The molecular weight excluding hydrogens is 294 g/mol. The van der Waals surface area contributed by atoms with Gasteiger partial charge in [0.15, 0.2) is 0 Å². The van der Waals surface area contributed by atoms with Crippen LogP contribution in [0.3, 0.4) is 0 Å². The van der Waals surface area contributed by atoms with Crippen molar-refractivity contribution in [3.63, 3.8) is 0 Å². The molecule has 0 radical (unpaired) electrons. The standard InChI is InChI=1S/C21H25N3/c1-22-10-4-7-21(22)17-24-13-11-23(12-14-24)16-18-8-9-19-5-2-3-6-20(19)15-18/h2-10,15H,11-14,16-17H2,1H3. The Morgan fingerprint density at radius 1 is 0.750 bits per heavy atom. The SMILES string of the molecule is Cn1cccc1CN1CCN(Cc2ccc3ccccc3c2)CC1. The Labute approximate surface area is 144 Å². The summed E-state index contributed by atoms with van der Waals surface area (Å²) in [6.07, 6.45) is 2.13. The highest BCUT2D eigenvalue weighted by Crippen LogP contribution is 2.18. The lowest BCUT2D eigenvalue weighted by Crippen LogP contribution is -2.45. The zero-order chi connectivity index (χ0) is 16.4. The van der Waals surface area contributed by atoms with E-state index in [9.17, 15) is 0 Å². The molecule has 4 rings (SSSR count). The predicted octanol–water partition coefficient (Wildman–Crippen LogP) is 3.50. The van der Waals surface area contributed by atoms with Gasteiger partial charge in [0, 0.05) is 58.2 Å². The number of hydrogen-bond donors (Lipinski definition) is 0. The summed E-state index contributed by atoms with van der Waals surface area (Å²) in [5.74, 6) is 0. The van der Waals surface area contributed by atoms with Crippen LogP contribution in [0.4, 0.5) is 0 Å². The molecule has 1 fully saturated rings. The molecule has 0 unspecified atom stereocenters. The first-order chi connectivity index (χ1) is 11.8. The van der Waals surface area contributed by atoms with Crippen LogP contribution in [0.1, 0.15) is 11.3 Å². The summed E-state index contributed by atoms with van der Waals surface area (Å²) in [6, 6.07) is 19.8. The monoisotopic (exact) mass is 319 g/mol. The minimum atomic E-state index is 1.06. The predicted molar refractivity (Wildman–Crippen MR) is 99.9 cm³/mol. The maximum absolute atomic E-state index is 2.58. The van der Waals surface area contributed by atoms with Crippen LogP contribution >= 0.6 is 0 Å². The lowest BCUT2D eigenvalue weighted by Gasteiger charge is -2.34. The Morgan fingerprint density at radius 2 is 1.46 bits per heavy atom. The van der Waals surface area contributed by atoms with Crippen LogP contribution in [-0.4, -0.2) is 40.5 Å². The lowest BCUT2D eigenvalue weighted by molar-refractivity contribution is 0.120. The van der Waals surface area contributed by atoms with E-state index in [4.69, 9.17) is 0 Å². The number of piperazine rings is 1. The second-order valence-electron chi connectivity index (χ2n) is 6.84. The van der Waals surface area contributed by atoms with Crippen molar-refractivity contribution in [2.45, 2.75) is 13.1 Å². The summed E-state index contributed by atoms with van der Waals surface area (Å²) in [7, 11) is 2.13. The summed E-state index contributed by atoms with van der Waals surface area (Å²) >= 11 is 0. The van der Waals surface area contributed by atoms with Gasteiger partial charge in [-0.25, -0.2) is 0 Å². The average molecular weight is 319 g/mol. The topological polar surface area (TPSA) is 11.4 Å². The number of aryl methyl sites for hydroxylation is 1. The molecule has 0 amide bonds. The zero-order valence-corrected chi connectivity index (χ0v) is 14.4. The van der Waals surface area contributed by atoms with E-state index < -0.39 is 0 Å². The molecule has 0 bridgehead atoms. The highest BCUT2D eigenvalue weighted by Gasteiger charge is 2.17. The van der Waals surface area contributed by atoms with Crippen molar-refractivity contribution in [3.05, 3.63) is 72.1 Å². The zero-order valence-electron chi connectivity index (χ0n) is 14.4. The fourth-order valence-electron chi connectivity index (χ4n) is 3.59. The van der Waals surface area contributed by atoms with Crippen LogP contribution in [0.15, 0.2) is 60.8 Å². The Morgan fingerprint density at radius 3 is 2.17 bits per heavy atom. The van der Waals surface area contributed by atoms with Crippen molar-refractivity contribution in [2.24, 2.45) is 7.05 Å². The first-order valence-corrected chi connectivity index (χ1v) is 8.80. The molecule has 3 nitrogen and oxygen atoms in total. The van der Waals surface area contributed by atoms with Gasteiger partial charge in [0.05, 0.1) is 0 Å². The van der Waals surface area contributed by atoms with Crippen molar-refractivity contribution in [2.75, 3.05) is 26.2 Å². The molecule has 1 aliphatic heterocycles. The van der Waals surface area contributed by atoms with Gasteiger partial charge in [-0.05, 0) is 34.5 Å². The third-order valence-corrected chi connectivity index (χ3v) is 5.12. The van der Waals surface area contributed by atoms with Gasteiger partial charge in [0.1, 0.15) is 0 Å². The van der Waals surface area contributed by atoms with Crippen LogP contribution in [-0.2, 0) is 20.1 Å². The largest absolute Gasteiger partial charge is 0.353 e. The highest BCUT2D eigenvalue weighted by atomic mass is 15.3. The fraction of sp³-hybridized carbons (Fsp3) is 0.333. The summed E-state index contributed by atoms with van der Waals surface area (Å²) in [4.78, 5) is 5.14.